The fourth-order valence-electron chi connectivity index (χ4n) is 1.23. The summed E-state index contributed by atoms with van der Waals surface area (Å²) in [5.74, 6) is -0.0686. The first-order chi connectivity index (χ1) is 6.52. The summed E-state index contributed by atoms with van der Waals surface area (Å²) in [6, 6.07) is 1.90. The molecule has 0 N–H and O–H groups in total. The molecule has 0 heterocycles. The maximum atomic E-state index is 11.3. The van der Waals surface area contributed by atoms with Crippen LogP contribution in [0.5, 0.6) is 0 Å². The number of nitriles is 1. The molecule has 0 saturated heterocycles. The minimum atomic E-state index is -0.506. The van der Waals surface area contributed by atoms with Gasteiger partial charge in [-0.2, -0.15) is 5.26 Å². The molecule has 14 heavy (non-hydrogen) atoms. The third kappa shape index (κ3) is 4.08. The Morgan fingerprint density at radius 1 is 1.50 bits per heavy atom. The molecule has 0 aliphatic carbocycles. The summed E-state index contributed by atoms with van der Waals surface area (Å²) in [4.78, 5) is 11.3. The molecule has 0 spiro atoms. The third-order valence-corrected chi connectivity index (χ3v) is 1.73. The molecule has 0 amide bonds. The minimum absolute atomic E-state index is 0.153. The van der Waals surface area contributed by atoms with Crippen LogP contribution in [0.15, 0.2) is 11.1 Å². The Morgan fingerprint density at radius 3 is 2.43 bits per heavy atom. The maximum absolute atomic E-state index is 11.3. The van der Waals surface area contributed by atoms with Gasteiger partial charge in [0.05, 0.1) is 6.61 Å². The Balaban J connectivity index is 4.68. The number of carbonyl (C=O) groups excluding carboxylic acids is 1. The van der Waals surface area contributed by atoms with E-state index in [1.807, 2.05) is 19.9 Å². The summed E-state index contributed by atoms with van der Waals surface area (Å²) in [5.41, 5.74) is 0.960. The fourth-order valence-corrected chi connectivity index (χ4v) is 1.23. The smallest absolute Gasteiger partial charge is 0.348 e. The fraction of sp³-hybridized carbons (Fsp3) is 0.636. The van der Waals surface area contributed by atoms with Crippen molar-refractivity contribution < 1.29 is 9.53 Å². The van der Waals surface area contributed by atoms with Crippen molar-refractivity contribution in [2.24, 2.45) is 5.92 Å². The summed E-state index contributed by atoms with van der Waals surface area (Å²) in [7, 11) is 0. The third-order valence-electron chi connectivity index (χ3n) is 1.73. The first kappa shape index (κ1) is 12.7. The van der Waals surface area contributed by atoms with Crippen molar-refractivity contribution in [1.82, 2.24) is 0 Å². The van der Waals surface area contributed by atoms with Gasteiger partial charge in [-0.05, 0) is 31.8 Å². The Kier molecular flexibility index (Phi) is 5.62. The Hall–Kier alpha value is -1.30. The van der Waals surface area contributed by atoms with Crippen LogP contribution in [-0.2, 0) is 9.53 Å². The molecular formula is C11H17NO2. The van der Waals surface area contributed by atoms with Crippen LogP contribution in [0.4, 0.5) is 0 Å². The van der Waals surface area contributed by atoms with E-state index in [0.717, 1.165) is 12.0 Å². The van der Waals surface area contributed by atoms with Gasteiger partial charge in [-0.15, -0.1) is 0 Å². The van der Waals surface area contributed by atoms with E-state index in [1.54, 1.807) is 13.8 Å². The van der Waals surface area contributed by atoms with Crippen LogP contribution in [-0.4, -0.2) is 12.6 Å². The summed E-state index contributed by atoms with van der Waals surface area (Å²) < 4.78 is 4.78. The van der Waals surface area contributed by atoms with E-state index < -0.39 is 5.97 Å². The van der Waals surface area contributed by atoms with Crippen molar-refractivity contribution in [3.63, 3.8) is 0 Å². The van der Waals surface area contributed by atoms with Crippen molar-refractivity contribution in [3.05, 3.63) is 11.1 Å². The standard InChI is InChI=1S/C11H17NO2/c1-5-14-11(13)10(7-12)9(4)6-8(2)3/h8H,5-6H2,1-4H3/b10-9-. The van der Waals surface area contributed by atoms with Crippen LogP contribution in [0.1, 0.15) is 34.1 Å². The average molecular weight is 195 g/mol. The summed E-state index contributed by atoms with van der Waals surface area (Å²) in [6.45, 7) is 7.92. The molecule has 0 fully saturated rings. The zero-order chi connectivity index (χ0) is 11.1. The summed E-state index contributed by atoms with van der Waals surface area (Å²) >= 11 is 0. The van der Waals surface area contributed by atoms with Gasteiger partial charge in [0.25, 0.3) is 0 Å². The molecule has 0 aliphatic heterocycles. The van der Waals surface area contributed by atoms with Gasteiger partial charge in [0.2, 0.25) is 0 Å². The van der Waals surface area contributed by atoms with Gasteiger partial charge in [-0.25, -0.2) is 4.79 Å². The molecule has 0 aromatic rings. The Labute approximate surface area is 85.4 Å². The van der Waals surface area contributed by atoms with Gasteiger partial charge in [0.15, 0.2) is 0 Å². The zero-order valence-electron chi connectivity index (χ0n) is 9.26. The highest BCUT2D eigenvalue weighted by Gasteiger charge is 2.13. The average Bonchev–Trinajstić information content (AvgIpc) is 2.04. The van der Waals surface area contributed by atoms with Crippen molar-refractivity contribution in [2.75, 3.05) is 6.61 Å². The van der Waals surface area contributed by atoms with Gasteiger partial charge in [0.1, 0.15) is 11.6 Å². The van der Waals surface area contributed by atoms with Crippen LogP contribution in [0.2, 0.25) is 0 Å². The SMILES string of the molecule is CCOC(=O)/C(C#N)=C(/C)CC(C)C. The van der Waals surface area contributed by atoms with Crippen molar-refractivity contribution in [3.8, 4) is 6.07 Å². The quantitative estimate of drug-likeness (QED) is 0.393. The molecule has 0 aromatic heterocycles. The second kappa shape index (κ2) is 6.20. The van der Waals surface area contributed by atoms with E-state index in [0.29, 0.717) is 12.5 Å². The van der Waals surface area contributed by atoms with Gasteiger partial charge in [-0.1, -0.05) is 13.8 Å². The molecule has 78 valence electrons. The zero-order valence-corrected chi connectivity index (χ0v) is 9.26. The molecule has 0 rings (SSSR count). The Bertz CT molecular complexity index is 272. The highest BCUT2D eigenvalue weighted by molar-refractivity contribution is 5.93. The van der Waals surface area contributed by atoms with Crippen molar-refractivity contribution in [2.45, 2.75) is 34.1 Å². The van der Waals surface area contributed by atoms with Crippen LogP contribution in [0, 0.1) is 17.2 Å². The van der Waals surface area contributed by atoms with Crippen LogP contribution in [0.25, 0.3) is 0 Å². The number of hydrogen-bond donors (Lipinski definition) is 0. The molecule has 0 bridgehead atoms. The molecule has 0 atom stereocenters. The van der Waals surface area contributed by atoms with Crippen LogP contribution >= 0.6 is 0 Å². The van der Waals surface area contributed by atoms with Crippen LogP contribution in [0.3, 0.4) is 0 Å². The van der Waals surface area contributed by atoms with Gasteiger partial charge in [0, 0.05) is 0 Å². The van der Waals surface area contributed by atoms with E-state index >= 15 is 0 Å². The molecule has 0 aromatic carbocycles. The van der Waals surface area contributed by atoms with E-state index in [1.165, 1.54) is 0 Å². The number of allylic oxidation sites excluding steroid dienone is 1. The van der Waals surface area contributed by atoms with E-state index in [2.05, 4.69) is 0 Å². The predicted octanol–water partition coefficient (Wildman–Crippen LogP) is 2.44. The largest absolute Gasteiger partial charge is 0.462 e. The highest BCUT2D eigenvalue weighted by atomic mass is 16.5. The van der Waals surface area contributed by atoms with E-state index in [-0.39, 0.29) is 5.57 Å². The lowest BCUT2D eigenvalue weighted by atomic mass is 10.0. The predicted molar refractivity (Wildman–Crippen MR) is 54.4 cm³/mol. The topological polar surface area (TPSA) is 50.1 Å². The van der Waals surface area contributed by atoms with Crippen LogP contribution < -0.4 is 0 Å². The molecule has 3 nitrogen and oxygen atoms in total. The molecule has 0 saturated carbocycles. The van der Waals surface area contributed by atoms with Gasteiger partial charge in [-0.3, -0.25) is 0 Å². The highest BCUT2D eigenvalue weighted by Crippen LogP contribution is 2.15. The van der Waals surface area contributed by atoms with Gasteiger partial charge < -0.3 is 4.74 Å². The summed E-state index contributed by atoms with van der Waals surface area (Å²) in [6.07, 6.45) is 0.752. The molecule has 3 heteroatoms. The maximum Gasteiger partial charge on any atom is 0.348 e. The number of carbonyl (C=O) groups is 1. The molecular weight excluding hydrogens is 178 g/mol. The lowest BCUT2D eigenvalue weighted by molar-refractivity contribution is -0.138. The number of nitrogens with zero attached hydrogens (tertiary/aromatic N) is 1. The first-order valence-corrected chi connectivity index (χ1v) is 4.79. The summed E-state index contributed by atoms with van der Waals surface area (Å²) in [5, 5.41) is 8.80. The second-order valence-electron chi connectivity index (χ2n) is 3.59. The number of esters is 1. The first-order valence-electron chi connectivity index (χ1n) is 4.79. The lowest BCUT2D eigenvalue weighted by Gasteiger charge is -2.07. The van der Waals surface area contributed by atoms with Crippen molar-refractivity contribution in [1.29, 1.82) is 5.26 Å². The molecule has 0 aliphatic rings. The number of hydrogen-bond acceptors (Lipinski definition) is 3. The van der Waals surface area contributed by atoms with E-state index in [4.69, 9.17) is 10.00 Å². The Morgan fingerprint density at radius 2 is 2.07 bits per heavy atom. The normalized spacial score (nSPS) is 12.0. The lowest BCUT2D eigenvalue weighted by Crippen LogP contribution is -2.09. The molecule has 0 unspecified atom stereocenters. The minimum Gasteiger partial charge on any atom is -0.462 e. The number of ether oxygens (including phenoxy) is 1. The monoisotopic (exact) mass is 195 g/mol. The number of rotatable bonds is 4. The van der Waals surface area contributed by atoms with Crippen molar-refractivity contribution >= 4 is 5.97 Å². The van der Waals surface area contributed by atoms with E-state index in [9.17, 15) is 4.79 Å². The second-order valence-corrected chi connectivity index (χ2v) is 3.59. The van der Waals surface area contributed by atoms with Gasteiger partial charge >= 0.3 is 5.97 Å². The molecule has 0 radical (unpaired) electrons.